The third kappa shape index (κ3) is 2.87. The topological polar surface area (TPSA) is 21.1 Å². The molecular weight excluding hydrogens is 289 g/mol. The van der Waals surface area contributed by atoms with Crippen molar-refractivity contribution in [2.75, 3.05) is 24.7 Å². The summed E-state index contributed by atoms with van der Waals surface area (Å²) in [5.74, 6) is 0.858. The molecule has 2 heterocycles. The standard InChI is InChI=1S/C19H24FN3/c20-13-15-9-11-22(12-10-15)18-14-23(17-7-2-1-3-8-17)21-19(18)16-5-4-6-16/h1-3,7-8,14-16H,4-6,9-13H2. The Balaban J connectivity index is 1.63. The van der Waals surface area contributed by atoms with E-state index in [1.165, 1.54) is 30.6 Å². The second-order valence-corrected chi connectivity index (χ2v) is 6.89. The fourth-order valence-electron chi connectivity index (χ4n) is 3.64. The van der Waals surface area contributed by atoms with Gasteiger partial charge in [0.05, 0.1) is 29.9 Å². The molecule has 1 aromatic carbocycles. The predicted molar refractivity (Wildman–Crippen MR) is 91.1 cm³/mol. The van der Waals surface area contributed by atoms with Crippen LogP contribution in [0.2, 0.25) is 0 Å². The van der Waals surface area contributed by atoms with Gasteiger partial charge in [-0.3, -0.25) is 4.39 Å². The first-order valence-corrected chi connectivity index (χ1v) is 8.81. The van der Waals surface area contributed by atoms with Gasteiger partial charge in [0.1, 0.15) is 0 Å². The summed E-state index contributed by atoms with van der Waals surface area (Å²) in [6.45, 7) is 1.73. The third-order valence-corrected chi connectivity index (χ3v) is 5.41. The van der Waals surface area contributed by atoms with E-state index < -0.39 is 0 Å². The fourth-order valence-corrected chi connectivity index (χ4v) is 3.64. The Bertz CT molecular complexity index is 640. The minimum Gasteiger partial charge on any atom is -0.369 e. The average Bonchev–Trinajstić information content (AvgIpc) is 2.99. The highest BCUT2D eigenvalue weighted by Crippen LogP contribution is 2.41. The molecule has 0 N–H and O–H groups in total. The molecular formula is C19H24FN3. The molecule has 1 saturated heterocycles. The molecule has 0 atom stereocenters. The first kappa shape index (κ1) is 14.7. The van der Waals surface area contributed by atoms with Crippen LogP contribution >= 0.6 is 0 Å². The second kappa shape index (κ2) is 6.34. The quantitative estimate of drug-likeness (QED) is 0.838. The van der Waals surface area contributed by atoms with Gasteiger partial charge in [-0.05, 0) is 43.7 Å². The van der Waals surface area contributed by atoms with Crippen molar-refractivity contribution in [1.82, 2.24) is 9.78 Å². The summed E-state index contributed by atoms with van der Waals surface area (Å²) in [5.41, 5.74) is 3.63. The molecule has 0 amide bonds. The van der Waals surface area contributed by atoms with E-state index in [9.17, 15) is 4.39 Å². The van der Waals surface area contributed by atoms with Gasteiger partial charge in [-0.1, -0.05) is 24.6 Å². The van der Waals surface area contributed by atoms with Gasteiger partial charge in [-0.2, -0.15) is 5.10 Å². The first-order chi connectivity index (χ1) is 11.3. The van der Waals surface area contributed by atoms with Gasteiger partial charge in [0.25, 0.3) is 0 Å². The van der Waals surface area contributed by atoms with E-state index in [4.69, 9.17) is 5.10 Å². The maximum atomic E-state index is 12.9. The van der Waals surface area contributed by atoms with Gasteiger partial charge in [0, 0.05) is 19.0 Å². The maximum Gasteiger partial charge on any atom is 0.0923 e. The second-order valence-electron chi connectivity index (χ2n) is 6.89. The van der Waals surface area contributed by atoms with Gasteiger partial charge in [0.2, 0.25) is 0 Å². The number of hydrogen-bond acceptors (Lipinski definition) is 2. The van der Waals surface area contributed by atoms with Gasteiger partial charge < -0.3 is 4.90 Å². The lowest BCUT2D eigenvalue weighted by molar-refractivity contribution is 0.307. The number of nitrogens with zero attached hydrogens (tertiary/aromatic N) is 3. The molecule has 3 nitrogen and oxygen atoms in total. The van der Waals surface area contributed by atoms with Crippen LogP contribution in [0.1, 0.15) is 43.7 Å². The fraction of sp³-hybridized carbons (Fsp3) is 0.526. The molecule has 4 rings (SSSR count). The van der Waals surface area contributed by atoms with Crippen LogP contribution in [0.25, 0.3) is 5.69 Å². The molecule has 1 aromatic heterocycles. The van der Waals surface area contributed by atoms with E-state index in [1.54, 1.807) is 0 Å². The number of halogens is 1. The molecule has 0 unspecified atom stereocenters. The monoisotopic (exact) mass is 313 g/mol. The molecule has 4 heteroatoms. The highest BCUT2D eigenvalue weighted by molar-refractivity contribution is 5.53. The molecule has 1 saturated carbocycles. The van der Waals surface area contributed by atoms with Crippen LogP contribution in [0.3, 0.4) is 0 Å². The summed E-state index contributed by atoms with van der Waals surface area (Å²) >= 11 is 0. The molecule has 1 aliphatic heterocycles. The van der Waals surface area contributed by atoms with Crippen LogP contribution in [0.15, 0.2) is 36.5 Å². The lowest BCUT2D eigenvalue weighted by Crippen LogP contribution is -2.35. The van der Waals surface area contributed by atoms with Crippen LogP contribution in [-0.2, 0) is 0 Å². The highest BCUT2D eigenvalue weighted by Gasteiger charge is 2.29. The smallest absolute Gasteiger partial charge is 0.0923 e. The average molecular weight is 313 g/mol. The molecule has 2 aliphatic rings. The summed E-state index contributed by atoms with van der Waals surface area (Å²) in [6, 6.07) is 10.3. The summed E-state index contributed by atoms with van der Waals surface area (Å²) in [6.07, 6.45) is 7.90. The zero-order valence-electron chi connectivity index (χ0n) is 13.5. The van der Waals surface area contributed by atoms with E-state index in [0.717, 1.165) is 31.6 Å². The van der Waals surface area contributed by atoms with Crippen molar-refractivity contribution in [2.45, 2.75) is 38.0 Å². The number of benzene rings is 1. The van der Waals surface area contributed by atoms with Crippen LogP contribution in [0, 0.1) is 5.92 Å². The van der Waals surface area contributed by atoms with Gasteiger partial charge in [-0.25, -0.2) is 4.68 Å². The summed E-state index contributed by atoms with van der Waals surface area (Å²) in [4.78, 5) is 2.42. The van der Waals surface area contributed by atoms with E-state index in [1.807, 2.05) is 22.9 Å². The van der Waals surface area contributed by atoms with Crippen molar-refractivity contribution in [3.8, 4) is 5.69 Å². The molecule has 122 valence electrons. The molecule has 2 fully saturated rings. The Kier molecular flexibility index (Phi) is 4.06. The maximum absolute atomic E-state index is 12.9. The predicted octanol–water partition coefficient (Wildman–Crippen LogP) is 4.33. The molecule has 0 spiro atoms. The van der Waals surface area contributed by atoms with E-state index in [2.05, 4.69) is 23.2 Å². The minimum atomic E-state index is -0.174. The molecule has 23 heavy (non-hydrogen) atoms. The molecule has 2 aromatic rings. The number of alkyl halides is 1. The van der Waals surface area contributed by atoms with E-state index in [0.29, 0.717) is 5.92 Å². The van der Waals surface area contributed by atoms with E-state index >= 15 is 0 Å². The zero-order valence-corrected chi connectivity index (χ0v) is 13.5. The highest BCUT2D eigenvalue weighted by atomic mass is 19.1. The van der Waals surface area contributed by atoms with Crippen LogP contribution in [-0.4, -0.2) is 29.5 Å². The molecule has 0 bridgehead atoms. The number of para-hydroxylation sites is 1. The van der Waals surface area contributed by atoms with E-state index in [-0.39, 0.29) is 12.6 Å². The summed E-state index contributed by atoms with van der Waals surface area (Å²) in [5, 5.41) is 4.92. The summed E-state index contributed by atoms with van der Waals surface area (Å²) in [7, 11) is 0. The van der Waals surface area contributed by atoms with Gasteiger partial charge >= 0.3 is 0 Å². The third-order valence-electron chi connectivity index (χ3n) is 5.41. The number of hydrogen-bond donors (Lipinski definition) is 0. The normalized spacial score (nSPS) is 19.8. The SMILES string of the molecule is FCC1CCN(c2cn(-c3ccccc3)nc2C2CCC2)CC1. The van der Waals surface area contributed by atoms with Gasteiger partial charge in [0.15, 0.2) is 0 Å². The Morgan fingerprint density at radius 3 is 2.39 bits per heavy atom. The Hall–Kier alpha value is -1.84. The number of rotatable bonds is 4. The van der Waals surface area contributed by atoms with Crippen molar-refractivity contribution in [1.29, 1.82) is 0 Å². The number of piperidine rings is 1. The molecule has 0 radical (unpaired) electrons. The van der Waals surface area contributed by atoms with Gasteiger partial charge in [-0.15, -0.1) is 0 Å². The first-order valence-electron chi connectivity index (χ1n) is 8.81. The van der Waals surface area contributed by atoms with Crippen molar-refractivity contribution < 1.29 is 4.39 Å². The van der Waals surface area contributed by atoms with Crippen molar-refractivity contribution >= 4 is 5.69 Å². The Labute approximate surface area is 137 Å². The zero-order chi connectivity index (χ0) is 15.6. The van der Waals surface area contributed by atoms with Crippen molar-refractivity contribution in [2.24, 2.45) is 5.92 Å². The summed E-state index contributed by atoms with van der Waals surface area (Å²) < 4.78 is 14.9. The van der Waals surface area contributed by atoms with Crippen molar-refractivity contribution in [3.63, 3.8) is 0 Å². The Morgan fingerprint density at radius 1 is 1.04 bits per heavy atom. The lowest BCUT2D eigenvalue weighted by Gasteiger charge is -2.34. The minimum absolute atomic E-state index is 0.174. The largest absolute Gasteiger partial charge is 0.369 e. The number of aromatic nitrogens is 2. The van der Waals surface area contributed by atoms with Crippen molar-refractivity contribution in [3.05, 3.63) is 42.2 Å². The molecule has 1 aliphatic carbocycles. The van der Waals surface area contributed by atoms with Crippen LogP contribution < -0.4 is 4.90 Å². The lowest BCUT2D eigenvalue weighted by atomic mass is 9.82. The van der Waals surface area contributed by atoms with Crippen LogP contribution in [0.4, 0.5) is 10.1 Å². The van der Waals surface area contributed by atoms with Crippen LogP contribution in [0.5, 0.6) is 0 Å². The number of anilines is 1. The Morgan fingerprint density at radius 2 is 1.78 bits per heavy atom.